The third kappa shape index (κ3) is 4.24. The summed E-state index contributed by atoms with van der Waals surface area (Å²) in [5.74, 6) is 0. The molecule has 1 aromatic carbocycles. The third-order valence-corrected chi connectivity index (χ3v) is 4.46. The van der Waals surface area contributed by atoms with Gasteiger partial charge >= 0.3 is 5.69 Å². The normalized spacial score (nSPS) is 11.5. The van der Waals surface area contributed by atoms with Gasteiger partial charge in [-0.05, 0) is 31.5 Å². The Hall–Kier alpha value is -1.99. The summed E-state index contributed by atoms with van der Waals surface area (Å²) in [7, 11) is -3.49. The summed E-state index contributed by atoms with van der Waals surface area (Å²) in [6, 6.07) is 8.32. The Balaban J connectivity index is 1.90. The van der Waals surface area contributed by atoms with E-state index in [-0.39, 0.29) is 17.1 Å². The van der Waals surface area contributed by atoms with Crippen LogP contribution in [0.4, 0.5) is 0 Å². The molecule has 2 rings (SSSR count). The zero-order valence-electron chi connectivity index (χ0n) is 11.7. The number of hydrogen-bond donors (Lipinski definition) is 1. The molecule has 0 radical (unpaired) electrons. The first-order valence-electron chi connectivity index (χ1n) is 6.57. The molecule has 0 unspecified atom stereocenters. The SMILES string of the molecule is Cc1ccc(S(=O)(=O)NCCCn2cccnc2=O)cc1. The van der Waals surface area contributed by atoms with E-state index in [0.717, 1.165) is 5.56 Å². The van der Waals surface area contributed by atoms with Crippen LogP contribution in [-0.2, 0) is 16.6 Å². The van der Waals surface area contributed by atoms with Gasteiger partial charge in [0.2, 0.25) is 10.0 Å². The molecule has 0 saturated carbocycles. The van der Waals surface area contributed by atoms with Crippen LogP contribution in [-0.4, -0.2) is 24.5 Å². The van der Waals surface area contributed by atoms with Crippen molar-refractivity contribution in [2.24, 2.45) is 0 Å². The fourth-order valence-electron chi connectivity index (χ4n) is 1.81. The minimum atomic E-state index is -3.49. The van der Waals surface area contributed by atoms with Crippen molar-refractivity contribution in [3.63, 3.8) is 0 Å². The van der Waals surface area contributed by atoms with Crippen LogP contribution in [0.2, 0.25) is 0 Å². The highest BCUT2D eigenvalue weighted by Gasteiger charge is 2.12. The lowest BCUT2D eigenvalue weighted by Crippen LogP contribution is -2.27. The van der Waals surface area contributed by atoms with Gasteiger partial charge in [0, 0.05) is 25.5 Å². The molecule has 1 N–H and O–H groups in total. The van der Waals surface area contributed by atoms with Crippen LogP contribution in [0.25, 0.3) is 0 Å². The average molecular weight is 307 g/mol. The highest BCUT2D eigenvalue weighted by molar-refractivity contribution is 7.89. The molecule has 0 fully saturated rings. The minimum absolute atomic E-state index is 0.242. The highest BCUT2D eigenvalue weighted by atomic mass is 32.2. The van der Waals surface area contributed by atoms with Gasteiger partial charge in [0.1, 0.15) is 0 Å². The fraction of sp³-hybridized carbons (Fsp3) is 0.286. The van der Waals surface area contributed by atoms with E-state index in [9.17, 15) is 13.2 Å². The number of nitrogens with one attached hydrogen (secondary N) is 1. The zero-order chi connectivity index (χ0) is 15.3. The van der Waals surface area contributed by atoms with Gasteiger partial charge in [-0.25, -0.2) is 22.9 Å². The fourth-order valence-corrected chi connectivity index (χ4v) is 2.89. The lowest BCUT2D eigenvalue weighted by molar-refractivity contribution is 0.563. The van der Waals surface area contributed by atoms with Gasteiger partial charge in [-0.3, -0.25) is 4.57 Å². The molecule has 112 valence electrons. The molecule has 1 heterocycles. The largest absolute Gasteiger partial charge is 0.347 e. The van der Waals surface area contributed by atoms with Crippen LogP contribution >= 0.6 is 0 Å². The topological polar surface area (TPSA) is 81.1 Å². The number of rotatable bonds is 6. The molecule has 0 spiro atoms. The van der Waals surface area contributed by atoms with Gasteiger partial charge in [0.25, 0.3) is 0 Å². The third-order valence-electron chi connectivity index (χ3n) is 2.98. The van der Waals surface area contributed by atoms with E-state index in [1.807, 2.05) is 6.92 Å². The van der Waals surface area contributed by atoms with E-state index >= 15 is 0 Å². The molecule has 0 aliphatic carbocycles. The molecule has 0 aliphatic heterocycles. The minimum Gasteiger partial charge on any atom is -0.299 e. The molecule has 0 bridgehead atoms. The predicted octanol–water partition coefficient (Wildman–Crippen LogP) is 0.920. The Bertz CT molecular complexity index is 752. The second kappa shape index (κ2) is 6.64. The monoisotopic (exact) mass is 307 g/mol. The Morgan fingerprint density at radius 1 is 1.24 bits per heavy atom. The van der Waals surface area contributed by atoms with Gasteiger partial charge < -0.3 is 0 Å². The summed E-state index contributed by atoms with van der Waals surface area (Å²) in [6.07, 6.45) is 3.57. The molecule has 0 saturated heterocycles. The van der Waals surface area contributed by atoms with E-state index in [1.165, 1.54) is 10.8 Å². The number of sulfonamides is 1. The van der Waals surface area contributed by atoms with Gasteiger partial charge in [0.15, 0.2) is 0 Å². The van der Waals surface area contributed by atoms with E-state index in [0.29, 0.717) is 13.0 Å². The first-order valence-corrected chi connectivity index (χ1v) is 8.05. The molecule has 21 heavy (non-hydrogen) atoms. The van der Waals surface area contributed by atoms with E-state index in [2.05, 4.69) is 9.71 Å². The molecule has 1 aromatic heterocycles. The summed E-state index contributed by atoms with van der Waals surface area (Å²) in [6.45, 7) is 2.58. The highest BCUT2D eigenvalue weighted by Crippen LogP contribution is 2.09. The predicted molar refractivity (Wildman–Crippen MR) is 79.5 cm³/mol. The van der Waals surface area contributed by atoms with Crippen LogP contribution in [0, 0.1) is 6.92 Å². The van der Waals surface area contributed by atoms with Crippen LogP contribution in [0.3, 0.4) is 0 Å². The summed E-state index contributed by atoms with van der Waals surface area (Å²) >= 11 is 0. The van der Waals surface area contributed by atoms with Crippen molar-refractivity contribution in [2.45, 2.75) is 24.8 Å². The number of aromatic nitrogens is 2. The van der Waals surface area contributed by atoms with Crippen molar-refractivity contribution < 1.29 is 8.42 Å². The summed E-state index contributed by atoms with van der Waals surface area (Å²) < 4.78 is 28.0. The Kier molecular flexibility index (Phi) is 4.87. The maximum absolute atomic E-state index is 12.0. The summed E-state index contributed by atoms with van der Waals surface area (Å²) in [4.78, 5) is 15.3. The summed E-state index contributed by atoms with van der Waals surface area (Å²) in [5.41, 5.74) is 0.670. The van der Waals surface area contributed by atoms with E-state index in [4.69, 9.17) is 0 Å². The first-order chi connectivity index (χ1) is 9.99. The van der Waals surface area contributed by atoms with E-state index in [1.54, 1.807) is 36.5 Å². The van der Waals surface area contributed by atoms with Crippen molar-refractivity contribution in [1.29, 1.82) is 0 Å². The molecule has 0 amide bonds. The lowest BCUT2D eigenvalue weighted by Gasteiger charge is -2.08. The Morgan fingerprint density at radius 2 is 1.95 bits per heavy atom. The maximum atomic E-state index is 12.0. The number of benzene rings is 1. The zero-order valence-corrected chi connectivity index (χ0v) is 12.5. The van der Waals surface area contributed by atoms with E-state index < -0.39 is 10.0 Å². The van der Waals surface area contributed by atoms with Crippen LogP contribution < -0.4 is 10.4 Å². The van der Waals surface area contributed by atoms with Gasteiger partial charge in [-0.15, -0.1) is 0 Å². The summed E-state index contributed by atoms with van der Waals surface area (Å²) in [5, 5.41) is 0. The van der Waals surface area contributed by atoms with Gasteiger partial charge in [-0.2, -0.15) is 0 Å². The molecule has 7 heteroatoms. The second-order valence-electron chi connectivity index (χ2n) is 4.66. The van der Waals surface area contributed by atoms with Crippen LogP contribution in [0.15, 0.2) is 52.4 Å². The quantitative estimate of drug-likeness (QED) is 0.805. The van der Waals surface area contributed by atoms with Crippen LogP contribution in [0.5, 0.6) is 0 Å². The smallest absolute Gasteiger partial charge is 0.299 e. The van der Waals surface area contributed by atoms with Crippen molar-refractivity contribution in [3.05, 3.63) is 58.8 Å². The lowest BCUT2D eigenvalue weighted by atomic mass is 10.2. The van der Waals surface area contributed by atoms with Crippen molar-refractivity contribution >= 4 is 10.0 Å². The first kappa shape index (κ1) is 15.4. The maximum Gasteiger partial charge on any atom is 0.347 e. The molecule has 2 aromatic rings. The van der Waals surface area contributed by atoms with Crippen LogP contribution in [0.1, 0.15) is 12.0 Å². The number of nitrogens with zero attached hydrogens (tertiary/aromatic N) is 2. The number of hydrogen-bond acceptors (Lipinski definition) is 4. The molecule has 6 nitrogen and oxygen atoms in total. The van der Waals surface area contributed by atoms with Gasteiger partial charge in [0.05, 0.1) is 4.90 Å². The molecular formula is C14H17N3O3S. The van der Waals surface area contributed by atoms with Crippen molar-refractivity contribution in [2.75, 3.05) is 6.54 Å². The second-order valence-corrected chi connectivity index (χ2v) is 6.43. The molecular weight excluding hydrogens is 290 g/mol. The molecule has 0 aliphatic rings. The molecule has 0 atom stereocenters. The average Bonchev–Trinajstić information content (AvgIpc) is 2.46. The Labute approximate surface area is 123 Å². The standard InChI is InChI=1S/C14H17N3O3S/c1-12-4-6-13(7-5-12)21(19,20)16-9-3-11-17-10-2-8-15-14(17)18/h2,4-8,10,16H,3,9,11H2,1H3. The number of aryl methyl sites for hydroxylation is 2. The van der Waals surface area contributed by atoms with Crippen molar-refractivity contribution in [1.82, 2.24) is 14.3 Å². The van der Waals surface area contributed by atoms with Crippen molar-refractivity contribution in [3.8, 4) is 0 Å². The van der Waals surface area contributed by atoms with Gasteiger partial charge in [-0.1, -0.05) is 17.7 Å². The Morgan fingerprint density at radius 3 is 2.62 bits per heavy atom.